The minimum atomic E-state index is -3.61. The molecule has 0 aromatic carbocycles. The maximum atomic E-state index is 12.3. The van der Waals surface area contributed by atoms with Crippen LogP contribution in [0.25, 0.3) is 0 Å². The van der Waals surface area contributed by atoms with Gasteiger partial charge in [-0.1, -0.05) is 0 Å². The molecule has 2 N–H and O–H groups in total. The molecule has 122 valence electrons. The van der Waals surface area contributed by atoms with Crippen LogP contribution in [0.3, 0.4) is 0 Å². The Morgan fingerprint density at radius 3 is 2.78 bits per heavy atom. The van der Waals surface area contributed by atoms with Crippen LogP contribution in [-0.4, -0.2) is 35.9 Å². The van der Waals surface area contributed by atoms with Crippen LogP contribution >= 0.6 is 0 Å². The summed E-state index contributed by atoms with van der Waals surface area (Å²) >= 11 is 0. The fraction of sp³-hybridized carbons (Fsp3) is 0.357. The predicted octanol–water partition coefficient (Wildman–Crippen LogP) is 0.622. The normalized spacial score (nSPS) is 20.3. The minimum Gasteiger partial charge on any atom is -0.342 e. The average molecular weight is 335 g/mol. The summed E-state index contributed by atoms with van der Waals surface area (Å²) in [6.07, 6.45) is 5.63. The first kappa shape index (κ1) is 15.6. The molecule has 0 bridgehead atoms. The standard InChI is InChI=1S/C14H17N5O3S/c1-9-7-11(13-16-5-6-19(9)13)18-14(20)10-3-4-12(17-8-10)23(21,22)15-2/h3-6,8-9,11,15H,7H2,1-2H3,(H,18,20)/t9-,11+/m1/s1. The number of hydrogen-bond donors (Lipinski definition) is 2. The second-order valence-corrected chi connectivity index (χ2v) is 7.23. The topological polar surface area (TPSA) is 106 Å². The lowest BCUT2D eigenvalue weighted by atomic mass is 10.1. The Morgan fingerprint density at radius 2 is 2.13 bits per heavy atom. The van der Waals surface area contributed by atoms with E-state index in [1.54, 1.807) is 6.20 Å². The van der Waals surface area contributed by atoms with Gasteiger partial charge in [-0.25, -0.2) is 23.1 Å². The molecule has 0 radical (unpaired) electrons. The second kappa shape index (κ2) is 5.74. The van der Waals surface area contributed by atoms with E-state index in [2.05, 4.69) is 26.9 Å². The number of hydrogen-bond acceptors (Lipinski definition) is 5. The zero-order chi connectivity index (χ0) is 16.6. The molecule has 2 aromatic heterocycles. The van der Waals surface area contributed by atoms with Crippen molar-refractivity contribution in [3.63, 3.8) is 0 Å². The summed E-state index contributed by atoms with van der Waals surface area (Å²) in [4.78, 5) is 20.4. The van der Waals surface area contributed by atoms with E-state index in [1.165, 1.54) is 25.4 Å². The van der Waals surface area contributed by atoms with Gasteiger partial charge in [0.05, 0.1) is 11.6 Å². The van der Waals surface area contributed by atoms with Crippen molar-refractivity contribution in [2.45, 2.75) is 30.5 Å². The molecule has 0 saturated heterocycles. The molecule has 23 heavy (non-hydrogen) atoms. The molecule has 2 atom stereocenters. The third-order valence-corrected chi connectivity index (χ3v) is 5.24. The summed E-state index contributed by atoms with van der Waals surface area (Å²) in [7, 11) is -2.30. The van der Waals surface area contributed by atoms with Crippen LogP contribution in [0, 0.1) is 0 Å². The van der Waals surface area contributed by atoms with E-state index in [4.69, 9.17) is 0 Å². The van der Waals surface area contributed by atoms with Crippen molar-refractivity contribution >= 4 is 15.9 Å². The van der Waals surface area contributed by atoms with Crippen LogP contribution in [-0.2, 0) is 10.0 Å². The highest BCUT2D eigenvalue weighted by Crippen LogP contribution is 2.32. The monoisotopic (exact) mass is 335 g/mol. The Kier molecular flexibility index (Phi) is 3.90. The molecule has 0 aliphatic carbocycles. The lowest BCUT2D eigenvalue weighted by molar-refractivity contribution is 0.0934. The number of rotatable bonds is 4. The van der Waals surface area contributed by atoms with Gasteiger partial charge in [0.15, 0.2) is 5.03 Å². The molecule has 1 aliphatic heterocycles. The molecule has 9 heteroatoms. The van der Waals surface area contributed by atoms with Crippen molar-refractivity contribution in [2.75, 3.05) is 7.05 Å². The molecule has 0 saturated carbocycles. The van der Waals surface area contributed by atoms with E-state index in [9.17, 15) is 13.2 Å². The Bertz CT molecular complexity index is 828. The highest BCUT2D eigenvalue weighted by molar-refractivity contribution is 7.89. The molecule has 1 amide bonds. The van der Waals surface area contributed by atoms with Gasteiger partial charge < -0.3 is 9.88 Å². The zero-order valence-electron chi connectivity index (χ0n) is 12.7. The molecule has 3 heterocycles. The van der Waals surface area contributed by atoms with Gasteiger partial charge >= 0.3 is 0 Å². The maximum absolute atomic E-state index is 12.3. The number of nitrogens with one attached hydrogen (secondary N) is 2. The highest BCUT2D eigenvalue weighted by Gasteiger charge is 2.30. The molecule has 8 nitrogen and oxygen atoms in total. The quantitative estimate of drug-likeness (QED) is 0.852. The van der Waals surface area contributed by atoms with Crippen LogP contribution in [0.5, 0.6) is 0 Å². The Balaban J connectivity index is 1.75. The summed E-state index contributed by atoms with van der Waals surface area (Å²) < 4.78 is 27.4. The summed E-state index contributed by atoms with van der Waals surface area (Å²) in [6, 6.07) is 2.86. The van der Waals surface area contributed by atoms with Gasteiger partial charge in [-0.3, -0.25) is 4.79 Å². The fourth-order valence-electron chi connectivity index (χ4n) is 2.67. The van der Waals surface area contributed by atoms with Crippen molar-refractivity contribution < 1.29 is 13.2 Å². The maximum Gasteiger partial charge on any atom is 0.257 e. The third kappa shape index (κ3) is 2.84. The van der Waals surface area contributed by atoms with Gasteiger partial charge in [-0.05, 0) is 32.5 Å². The van der Waals surface area contributed by atoms with Crippen molar-refractivity contribution in [1.29, 1.82) is 0 Å². The van der Waals surface area contributed by atoms with Gasteiger partial charge in [0, 0.05) is 24.6 Å². The number of carbonyl (C=O) groups is 1. The van der Waals surface area contributed by atoms with Gasteiger partial charge in [0.1, 0.15) is 5.82 Å². The van der Waals surface area contributed by atoms with E-state index in [0.29, 0.717) is 5.56 Å². The van der Waals surface area contributed by atoms with Crippen LogP contribution in [0.4, 0.5) is 0 Å². The number of nitrogens with zero attached hydrogens (tertiary/aromatic N) is 3. The van der Waals surface area contributed by atoms with Crippen molar-refractivity contribution in [3.05, 3.63) is 42.1 Å². The lowest BCUT2D eigenvalue weighted by Crippen LogP contribution is -2.28. The number of pyridine rings is 1. The van der Waals surface area contributed by atoms with Crippen molar-refractivity contribution in [1.82, 2.24) is 24.6 Å². The van der Waals surface area contributed by atoms with E-state index in [0.717, 1.165) is 12.2 Å². The number of imidazole rings is 1. The molecular weight excluding hydrogens is 318 g/mol. The third-order valence-electron chi connectivity index (χ3n) is 3.91. The lowest BCUT2D eigenvalue weighted by Gasteiger charge is -2.11. The summed E-state index contributed by atoms with van der Waals surface area (Å²) in [5.74, 6) is 0.521. The molecule has 0 fully saturated rings. The van der Waals surface area contributed by atoms with E-state index in [1.807, 2.05) is 10.8 Å². The molecule has 2 aromatic rings. The SMILES string of the molecule is CNS(=O)(=O)c1ccc(C(=O)N[C@H]2C[C@@H](C)n3ccnc32)cn1. The molecule has 0 unspecified atom stereocenters. The zero-order valence-corrected chi connectivity index (χ0v) is 13.5. The van der Waals surface area contributed by atoms with Crippen LogP contribution < -0.4 is 10.0 Å². The van der Waals surface area contributed by atoms with Gasteiger partial charge in [-0.15, -0.1) is 0 Å². The molecule has 1 aliphatic rings. The molecule has 3 rings (SSSR count). The summed E-state index contributed by atoms with van der Waals surface area (Å²) in [5, 5.41) is 2.79. The fourth-order valence-corrected chi connectivity index (χ4v) is 3.32. The largest absolute Gasteiger partial charge is 0.342 e. The van der Waals surface area contributed by atoms with E-state index in [-0.39, 0.29) is 23.0 Å². The predicted molar refractivity (Wildman–Crippen MR) is 82.2 cm³/mol. The Hall–Kier alpha value is -2.26. The molecule has 0 spiro atoms. The first-order valence-corrected chi connectivity index (χ1v) is 8.64. The first-order chi connectivity index (χ1) is 10.9. The van der Waals surface area contributed by atoms with Gasteiger partial charge in [0.2, 0.25) is 0 Å². The van der Waals surface area contributed by atoms with Gasteiger partial charge in [-0.2, -0.15) is 0 Å². The van der Waals surface area contributed by atoms with Crippen LogP contribution in [0.2, 0.25) is 0 Å². The average Bonchev–Trinajstić information content (AvgIpc) is 3.13. The van der Waals surface area contributed by atoms with E-state index < -0.39 is 10.0 Å². The van der Waals surface area contributed by atoms with Crippen LogP contribution in [0.1, 0.15) is 41.6 Å². The minimum absolute atomic E-state index is 0.124. The first-order valence-electron chi connectivity index (χ1n) is 7.15. The van der Waals surface area contributed by atoms with Gasteiger partial charge in [0.25, 0.3) is 15.9 Å². The number of amides is 1. The summed E-state index contributed by atoms with van der Waals surface area (Å²) in [5.41, 5.74) is 0.303. The number of aromatic nitrogens is 3. The van der Waals surface area contributed by atoms with Crippen molar-refractivity contribution in [3.8, 4) is 0 Å². The highest BCUT2D eigenvalue weighted by atomic mass is 32.2. The Morgan fingerprint density at radius 1 is 1.35 bits per heavy atom. The van der Waals surface area contributed by atoms with E-state index >= 15 is 0 Å². The number of carbonyl (C=O) groups excluding carboxylic acids is 1. The number of sulfonamides is 1. The van der Waals surface area contributed by atoms with Crippen LogP contribution in [0.15, 0.2) is 35.7 Å². The Labute approximate surface area is 134 Å². The smallest absolute Gasteiger partial charge is 0.257 e. The number of fused-ring (bicyclic) bond motifs is 1. The molecular formula is C14H17N5O3S. The van der Waals surface area contributed by atoms with Crippen molar-refractivity contribution in [2.24, 2.45) is 0 Å². The summed E-state index contributed by atoms with van der Waals surface area (Å²) in [6.45, 7) is 2.07. The second-order valence-electron chi connectivity index (χ2n) is 5.40.